The van der Waals surface area contributed by atoms with Gasteiger partial charge in [-0.2, -0.15) is 5.10 Å². The number of aliphatic hydroxyl groups is 1. The maximum atomic E-state index is 13.3. The van der Waals surface area contributed by atoms with Gasteiger partial charge in [0.1, 0.15) is 0 Å². The Morgan fingerprint density at radius 3 is 2.48 bits per heavy atom. The number of aromatic nitrogens is 2. The number of hydrogen-bond acceptors (Lipinski definition) is 7. The number of benzene rings is 1. The highest BCUT2D eigenvalue weighted by atomic mass is 16.5. The summed E-state index contributed by atoms with van der Waals surface area (Å²) in [6, 6.07) is 5.59. The summed E-state index contributed by atoms with van der Waals surface area (Å²) in [6.45, 7) is 4.20. The number of nitrogens with two attached hydrogens (primary N) is 1. The second kappa shape index (κ2) is 13.0. The summed E-state index contributed by atoms with van der Waals surface area (Å²) in [5.41, 5.74) is 11.5. The fourth-order valence-electron chi connectivity index (χ4n) is 6.02. The summed E-state index contributed by atoms with van der Waals surface area (Å²) in [5.74, 6) is -0.755. The lowest BCUT2D eigenvalue weighted by Crippen LogP contribution is -2.29. The van der Waals surface area contributed by atoms with Gasteiger partial charge in [-0.05, 0) is 75.0 Å². The van der Waals surface area contributed by atoms with Crippen LogP contribution in [0, 0.1) is 5.41 Å². The van der Waals surface area contributed by atoms with Crippen molar-refractivity contribution in [3.05, 3.63) is 40.7 Å². The highest BCUT2D eigenvalue weighted by Gasteiger charge is 2.36. The lowest BCUT2D eigenvalue weighted by atomic mass is 9.75. The number of primary amides is 1. The quantitative estimate of drug-likeness (QED) is 0.149. The molecule has 4 rings (SSSR count). The number of fused-ring (bicyclic) bond motifs is 1. The van der Waals surface area contributed by atoms with Crippen molar-refractivity contribution in [1.29, 1.82) is 0 Å². The molecule has 1 heterocycles. The monoisotopic (exact) mass is 553 g/mol. The van der Waals surface area contributed by atoms with E-state index in [2.05, 4.69) is 19.2 Å². The van der Waals surface area contributed by atoms with E-state index in [0.717, 1.165) is 74.0 Å². The van der Waals surface area contributed by atoms with Crippen molar-refractivity contribution < 1.29 is 24.7 Å². The second-order valence-corrected chi connectivity index (χ2v) is 12.2. The molecule has 2 aliphatic rings. The third kappa shape index (κ3) is 7.28. The van der Waals surface area contributed by atoms with Crippen LogP contribution in [-0.2, 0) is 17.6 Å². The molecule has 1 saturated carbocycles. The highest BCUT2D eigenvalue weighted by molar-refractivity contribution is 6.00. The zero-order valence-electron chi connectivity index (χ0n) is 23.7. The molecule has 0 unspecified atom stereocenters. The molecular weight excluding hydrogens is 510 g/mol. The van der Waals surface area contributed by atoms with E-state index >= 15 is 0 Å². The summed E-state index contributed by atoms with van der Waals surface area (Å²) in [7, 11) is 0. The van der Waals surface area contributed by atoms with Crippen molar-refractivity contribution in [2.45, 2.75) is 109 Å². The van der Waals surface area contributed by atoms with E-state index in [1.165, 1.54) is 0 Å². The van der Waals surface area contributed by atoms with E-state index in [1.807, 2.05) is 16.8 Å². The van der Waals surface area contributed by atoms with Crippen LogP contribution in [0.5, 0.6) is 0 Å². The number of amides is 2. The first-order valence-corrected chi connectivity index (χ1v) is 14.5. The molecule has 6 N–H and O–H groups in total. The number of hydrogen-bond donors (Lipinski definition) is 5. The van der Waals surface area contributed by atoms with E-state index in [9.17, 15) is 19.5 Å². The molecule has 0 radical (unpaired) electrons. The number of anilines is 1. The fourth-order valence-corrected chi connectivity index (χ4v) is 6.02. The molecule has 2 aliphatic carbocycles. The van der Waals surface area contributed by atoms with E-state index in [4.69, 9.17) is 16.0 Å². The number of aliphatic hydroxyl groups excluding tert-OH is 1. The minimum Gasteiger partial charge on any atom is -0.393 e. The summed E-state index contributed by atoms with van der Waals surface area (Å²) in [4.78, 5) is 36.7. The minimum absolute atomic E-state index is 0.121. The smallest absolute Gasteiger partial charge is 0.250 e. The van der Waals surface area contributed by atoms with Gasteiger partial charge in [0.05, 0.1) is 34.3 Å². The molecular formula is C30H43N5O5. The van der Waals surface area contributed by atoms with Crippen molar-refractivity contribution in [3.63, 3.8) is 0 Å². The Balaban J connectivity index is 1.56. The molecule has 0 atom stereocenters. The molecule has 10 nitrogen and oxygen atoms in total. The number of unbranched alkanes of at least 4 members (excludes halogenated alkanes) is 4. The molecule has 40 heavy (non-hydrogen) atoms. The molecule has 0 saturated heterocycles. The number of carbonyl (C=O) groups excluding carboxylic acids is 3. The molecule has 0 spiro atoms. The van der Waals surface area contributed by atoms with E-state index in [1.54, 1.807) is 11.5 Å². The van der Waals surface area contributed by atoms with Gasteiger partial charge in [0.2, 0.25) is 5.91 Å². The zero-order valence-corrected chi connectivity index (χ0v) is 23.7. The molecule has 1 fully saturated rings. The van der Waals surface area contributed by atoms with Gasteiger partial charge in [0.15, 0.2) is 5.78 Å². The molecule has 10 heteroatoms. The van der Waals surface area contributed by atoms with E-state index in [0.29, 0.717) is 43.4 Å². The molecule has 2 amide bonds. The summed E-state index contributed by atoms with van der Waals surface area (Å²) in [5, 5.41) is 26.9. The van der Waals surface area contributed by atoms with Gasteiger partial charge in [0, 0.05) is 24.6 Å². The number of nitrogens with one attached hydrogen (secondary N) is 2. The molecule has 218 valence electrons. The standard InChI is InChI=1S/C30H43N5O5/c1-30(2)17-25-28(26(37)18-30)23(8-6-4-3-5-7-9-27(38)34-40)33-35(25)20-12-15-22(29(31)39)24(16-20)32-19-10-13-21(36)14-11-19/h12,15-16,19,21,32,36,40H,3-11,13-14,17-18H2,1-2H3,(H2,31,39)(H,34,38). The van der Waals surface area contributed by atoms with Crippen molar-refractivity contribution in [1.82, 2.24) is 15.3 Å². The first kappa shape index (κ1) is 29.7. The molecule has 0 aliphatic heterocycles. The molecule has 2 aromatic rings. The maximum Gasteiger partial charge on any atom is 0.250 e. The van der Waals surface area contributed by atoms with Gasteiger partial charge in [-0.3, -0.25) is 19.6 Å². The topological polar surface area (TPSA) is 160 Å². The second-order valence-electron chi connectivity index (χ2n) is 12.2. The van der Waals surface area contributed by atoms with Crippen LogP contribution in [-0.4, -0.2) is 49.8 Å². The summed E-state index contributed by atoms with van der Waals surface area (Å²) < 4.78 is 1.87. The molecule has 0 bridgehead atoms. The van der Waals surface area contributed by atoms with Gasteiger partial charge in [-0.25, -0.2) is 10.2 Å². The van der Waals surface area contributed by atoms with Crippen LogP contribution >= 0.6 is 0 Å². The van der Waals surface area contributed by atoms with Crippen molar-refractivity contribution in [3.8, 4) is 5.69 Å². The van der Waals surface area contributed by atoms with Gasteiger partial charge >= 0.3 is 0 Å². The van der Waals surface area contributed by atoms with Gasteiger partial charge in [-0.15, -0.1) is 0 Å². The predicted octanol–water partition coefficient (Wildman–Crippen LogP) is 4.23. The first-order valence-electron chi connectivity index (χ1n) is 14.5. The Bertz CT molecular complexity index is 1230. The zero-order chi connectivity index (χ0) is 28.9. The molecule has 1 aromatic heterocycles. The number of rotatable bonds is 12. The Kier molecular flexibility index (Phi) is 9.63. The van der Waals surface area contributed by atoms with Gasteiger partial charge < -0.3 is 16.2 Å². The molecule has 1 aromatic carbocycles. The van der Waals surface area contributed by atoms with Gasteiger partial charge in [0.25, 0.3) is 5.91 Å². The van der Waals surface area contributed by atoms with Crippen LogP contribution < -0.4 is 16.5 Å². The highest BCUT2D eigenvalue weighted by Crippen LogP contribution is 2.38. The number of ketones is 1. The maximum absolute atomic E-state index is 13.3. The first-order chi connectivity index (χ1) is 19.1. The van der Waals surface area contributed by atoms with Crippen molar-refractivity contribution in [2.24, 2.45) is 11.1 Å². The Labute approximate surface area is 235 Å². The van der Waals surface area contributed by atoms with Crippen LogP contribution in [0.2, 0.25) is 0 Å². The SMILES string of the molecule is CC1(C)CC(=O)c2c(CCCCCCCC(=O)NO)nn(-c3ccc(C(N)=O)c(NC4CCC(O)CC4)c3)c2C1. The number of carbonyl (C=O) groups is 3. The third-order valence-corrected chi connectivity index (χ3v) is 8.13. The lowest BCUT2D eigenvalue weighted by Gasteiger charge is -2.29. The number of aryl methyl sites for hydroxylation is 1. The predicted molar refractivity (Wildman–Crippen MR) is 152 cm³/mol. The number of nitrogens with zero attached hydrogens (tertiary/aromatic N) is 2. The van der Waals surface area contributed by atoms with Crippen LogP contribution in [0.1, 0.15) is 117 Å². The van der Waals surface area contributed by atoms with Crippen LogP contribution in [0.25, 0.3) is 5.69 Å². The van der Waals surface area contributed by atoms with Gasteiger partial charge in [-0.1, -0.05) is 33.1 Å². The summed E-state index contributed by atoms with van der Waals surface area (Å²) in [6.07, 6.45) is 9.40. The van der Waals surface area contributed by atoms with Crippen molar-refractivity contribution in [2.75, 3.05) is 5.32 Å². The lowest BCUT2D eigenvalue weighted by molar-refractivity contribution is -0.129. The van der Waals surface area contributed by atoms with Crippen molar-refractivity contribution >= 4 is 23.3 Å². The number of Topliss-reactive ketones (excluding diaryl/α,β-unsaturated/α-hetero) is 1. The third-order valence-electron chi connectivity index (χ3n) is 8.13. The van der Waals surface area contributed by atoms with E-state index in [-0.39, 0.29) is 29.3 Å². The fraction of sp³-hybridized carbons (Fsp3) is 0.600. The summed E-state index contributed by atoms with van der Waals surface area (Å²) >= 11 is 0. The van der Waals surface area contributed by atoms with Crippen LogP contribution in [0.4, 0.5) is 5.69 Å². The Hall–Kier alpha value is -3.24. The average molecular weight is 554 g/mol. The Morgan fingerprint density at radius 1 is 1.07 bits per heavy atom. The van der Waals surface area contributed by atoms with Crippen LogP contribution in [0.3, 0.4) is 0 Å². The normalized spacial score (nSPS) is 20.1. The largest absolute Gasteiger partial charge is 0.393 e. The van der Waals surface area contributed by atoms with Crippen LogP contribution in [0.15, 0.2) is 18.2 Å². The number of hydroxylamine groups is 1. The minimum atomic E-state index is -0.513. The Morgan fingerprint density at radius 2 is 1.77 bits per heavy atom. The average Bonchev–Trinajstić information content (AvgIpc) is 3.26. The van der Waals surface area contributed by atoms with E-state index < -0.39 is 5.91 Å².